The van der Waals surface area contributed by atoms with Crippen molar-refractivity contribution in [1.82, 2.24) is 14.9 Å². The van der Waals surface area contributed by atoms with Crippen molar-refractivity contribution in [3.63, 3.8) is 0 Å². The highest BCUT2D eigenvalue weighted by Gasteiger charge is 2.15. The SMILES string of the molecule is CCC(NCCC(C)(C)C)c1nccn1C. The van der Waals surface area contributed by atoms with E-state index in [1.807, 2.05) is 12.4 Å². The molecule has 1 rings (SSSR count). The van der Waals surface area contributed by atoms with Crippen LogP contribution in [-0.2, 0) is 7.05 Å². The van der Waals surface area contributed by atoms with E-state index in [2.05, 4.69) is 49.6 Å². The average molecular weight is 223 g/mol. The highest BCUT2D eigenvalue weighted by molar-refractivity contribution is 4.98. The van der Waals surface area contributed by atoms with E-state index in [0.29, 0.717) is 11.5 Å². The molecular weight excluding hydrogens is 198 g/mol. The van der Waals surface area contributed by atoms with Crippen LogP contribution >= 0.6 is 0 Å². The smallest absolute Gasteiger partial charge is 0.125 e. The van der Waals surface area contributed by atoms with E-state index >= 15 is 0 Å². The highest BCUT2D eigenvalue weighted by Crippen LogP contribution is 2.19. The maximum absolute atomic E-state index is 4.40. The Kier molecular flexibility index (Phi) is 4.54. The molecule has 1 aromatic rings. The van der Waals surface area contributed by atoms with Crippen LogP contribution in [0.25, 0.3) is 0 Å². The quantitative estimate of drug-likeness (QED) is 0.832. The number of nitrogens with one attached hydrogen (secondary N) is 1. The van der Waals surface area contributed by atoms with Crippen molar-refractivity contribution in [3.05, 3.63) is 18.2 Å². The molecule has 0 amide bonds. The van der Waals surface area contributed by atoms with Crippen molar-refractivity contribution in [2.24, 2.45) is 12.5 Å². The highest BCUT2D eigenvalue weighted by atomic mass is 15.1. The van der Waals surface area contributed by atoms with Crippen LogP contribution in [0.3, 0.4) is 0 Å². The summed E-state index contributed by atoms with van der Waals surface area (Å²) in [5, 5.41) is 3.59. The van der Waals surface area contributed by atoms with Crippen LogP contribution in [0.4, 0.5) is 0 Å². The van der Waals surface area contributed by atoms with Gasteiger partial charge in [0.05, 0.1) is 6.04 Å². The van der Waals surface area contributed by atoms with E-state index in [-0.39, 0.29) is 0 Å². The van der Waals surface area contributed by atoms with Gasteiger partial charge in [-0.2, -0.15) is 0 Å². The second-order valence-corrected chi connectivity index (χ2v) is 5.62. The Bertz CT molecular complexity index is 309. The predicted octanol–water partition coefficient (Wildman–Crippen LogP) is 2.90. The first-order valence-corrected chi connectivity index (χ1v) is 6.14. The molecule has 0 aromatic carbocycles. The van der Waals surface area contributed by atoms with Gasteiger partial charge in [0.15, 0.2) is 0 Å². The molecule has 0 bridgehead atoms. The summed E-state index contributed by atoms with van der Waals surface area (Å²) in [6.07, 6.45) is 6.13. The average Bonchev–Trinajstić information content (AvgIpc) is 2.58. The summed E-state index contributed by atoms with van der Waals surface area (Å²) in [6.45, 7) is 10.1. The fourth-order valence-electron chi connectivity index (χ4n) is 1.75. The molecule has 1 N–H and O–H groups in total. The zero-order chi connectivity index (χ0) is 12.2. The van der Waals surface area contributed by atoms with Crippen molar-refractivity contribution in [3.8, 4) is 0 Å². The summed E-state index contributed by atoms with van der Waals surface area (Å²) < 4.78 is 2.10. The standard InChI is InChI=1S/C13H25N3/c1-6-11(12-15-9-10-16(12)5)14-8-7-13(2,3)4/h9-11,14H,6-8H2,1-5H3. The van der Waals surface area contributed by atoms with E-state index in [0.717, 1.165) is 18.8 Å². The normalized spacial score (nSPS) is 14.1. The van der Waals surface area contributed by atoms with Gasteiger partial charge in [-0.05, 0) is 24.8 Å². The lowest BCUT2D eigenvalue weighted by molar-refractivity contribution is 0.348. The van der Waals surface area contributed by atoms with Crippen LogP contribution in [-0.4, -0.2) is 16.1 Å². The second-order valence-electron chi connectivity index (χ2n) is 5.62. The number of aryl methyl sites for hydroxylation is 1. The Morgan fingerprint density at radius 3 is 2.56 bits per heavy atom. The van der Waals surface area contributed by atoms with Gasteiger partial charge in [-0.25, -0.2) is 4.98 Å². The molecule has 1 atom stereocenters. The van der Waals surface area contributed by atoms with E-state index in [1.165, 1.54) is 6.42 Å². The zero-order valence-corrected chi connectivity index (χ0v) is 11.2. The van der Waals surface area contributed by atoms with Crippen molar-refractivity contribution in [2.75, 3.05) is 6.54 Å². The third-order valence-corrected chi connectivity index (χ3v) is 2.84. The number of hydrogen-bond donors (Lipinski definition) is 1. The molecule has 0 aliphatic rings. The van der Waals surface area contributed by atoms with Crippen molar-refractivity contribution in [2.45, 2.75) is 46.6 Å². The summed E-state index contributed by atoms with van der Waals surface area (Å²) in [5.74, 6) is 1.14. The Balaban J connectivity index is 2.48. The number of hydrogen-bond acceptors (Lipinski definition) is 2. The molecular formula is C13H25N3. The first-order valence-electron chi connectivity index (χ1n) is 6.14. The Labute approximate surface area is 99.3 Å². The summed E-state index contributed by atoms with van der Waals surface area (Å²) in [5.41, 5.74) is 0.396. The van der Waals surface area contributed by atoms with Crippen LogP contribution in [0.1, 0.15) is 52.4 Å². The lowest BCUT2D eigenvalue weighted by Crippen LogP contribution is -2.27. The van der Waals surface area contributed by atoms with Crippen molar-refractivity contribution < 1.29 is 0 Å². The molecule has 92 valence electrons. The van der Waals surface area contributed by atoms with Crippen LogP contribution in [0.2, 0.25) is 0 Å². The van der Waals surface area contributed by atoms with Gasteiger partial charge in [0.2, 0.25) is 0 Å². The van der Waals surface area contributed by atoms with E-state index < -0.39 is 0 Å². The van der Waals surface area contributed by atoms with E-state index in [9.17, 15) is 0 Å². The zero-order valence-electron chi connectivity index (χ0n) is 11.2. The minimum absolute atomic E-state index is 0.377. The first-order chi connectivity index (χ1) is 7.44. The molecule has 3 nitrogen and oxygen atoms in total. The van der Waals surface area contributed by atoms with Gasteiger partial charge in [-0.1, -0.05) is 27.7 Å². The fourth-order valence-corrected chi connectivity index (χ4v) is 1.75. The molecule has 0 fully saturated rings. The molecule has 0 spiro atoms. The molecule has 16 heavy (non-hydrogen) atoms. The summed E-state index contributed by atoms with van der Waals surface area (Å²) >= 11 is 0. The third kappa shape index (κ3) is 3.97. The first kappa shape index (κ1) is 13.2. The van der Waals surface area contributed by atoms with E-state index in [4.69, 9.17) is 0 Å². The summed E-state index contributed by atoms with van der Waals surface area (Å²) in [7, 11) is 2.05. The summed E-state index contributed by atoms with van der Waals surface area (Å²) in [6, 6.07) is 0.377. The second kappa shape index (κ2) is 5.48. The molecule has 0 aliphatic heterocycles. The van der Waals surface area contributed by atoms with Crippen LogP contribution in [0.15, 0.2) is 12.4 Å². The minimum Gasteiger partial charge on any atom is -0.337 e. The lowest BCUT2D eigenvalue weighted by Gasteiger charge is -2.21. The maximum Gasteiger partial charge on any atom is 0.125 e. The number of nitrogens with zero attached hydrogens (tertiary/aromatic N) is 2. The maximum atomic E-state index is 4.40. The lowest BCUT2D eigenvalue weighted by atomic mass is 9.92. The monoisotopic (exact) mass is 223 g/mol. The predicted molar refractivity (Wildman–Crippen MR) is 68.3 cm³/mol. The molecule has 0 saturated carbocycles. The van der Waals surface area contributed by atoms with Gasteiger partial charge in [0.1, 0.15) is 5.82 Å². The molecule has 1 unspecified atom stereocenters. The summed E-state index contributed by atoms with van der Waals surface area (Å²) in [4.78, 5) is 4.40. The van der Waals surface area contributed by atoms with Gasteiger partial charge in [-0.15, -0.1) is 0 Å². The van der Waals surface area contributed by atoms with Crippen molar-refractivity contribution in [1.29, 1.82) is 0 Å². The van der Waals surface area contributed by atoms with Gasteiger partial charge < -0.3 is 9.88 Å². The molecule has 1 heterocycles. The molecule has 3 heteroatoms. The molecule has 0 saturated heterocycles. The topological polar surface area (TPSA) is 29.9 Å². The Morgan fingerprint density at radius 1 is 1.44 bits per heavy atom. The fraction of sp³-hybridized carbons (Fsp3) is 0.769. The number of aromatic nitrogens is 2. The molecule has 0 radical (unpaired) electrons. The minimum atomic E-state index is 0.377. The largest absolute Gasteiger partial charge is 0.337 e. The Morgan fingerprint density at radius 2 is 2.12 bits per heavy atom. The number of rotatable bonds is 5. The Hall–Kier alpha value is -0.830. The van der Waals surface area contributed by atoms with Crippen LogP contribution < -0.4 is 5.32 Å². The molecule has 0 aliphatic carbocycles. The van der Waals surface area contributed by atoms with E-state index in [1.54, 1.807) is 0 Å². The van der Waals surface area contributed by atoms with Gasteiger partial charge in [0.25, 0.3) is 0 Å². The van der Waals surface area contributed by atoms with Crippen LogP contribution in [0.5, 0.6) is 0 Å². The van der Waals surface area contributed by atoms with Gasteiger partial charge in [-0.3, -0.25) is 0 Å². The van der Waals surface area contributed by atoms with Gasteiger partial charge >= 0.3 is 0 Å². The van der Waals surface area contributed by atoms with Crippen LogP contribution in [0, 0.1) is 5.41 Å². The third-order valence-electron chi connectivity index (χ3n) is 2.84. The van der Waals surface area contributed by atoms with Crippen molar-refractivity contribution >= 4 is 0 Å². The molecule has 1 aromatic heterocycles. The number of imidazole rings is 1. The van der Waals surface area contributed by atoms with Gasteiger partial charge in [0, 0.05) is 19.4 Å².